The smallest absolute Gasteiger partial charge is 0.103 e. The molecule has 2 aromatic rings. The second-order valence-electron chi connectivity index (χ2n) is 4.91. The van der Waals surface area contributed by atoms with Crippen LogP contribution in [0.3, 0.4) is 0 Å². The quantitative estimate of drug-likeness (QED) is 0.930. The number of hydrogen-bond acceptors (Lipinski definition) is 4. The number of aryl methyl sites for hydroxylation is 2. The fourth-order valence-corrected chi connectivity index (χ4v) is 2.82. The number of nitrogens with two attached hydrogens (primary N) is 1. The average Bonchev–Trinajstić information content (AvgIpc) is 2.29. The van der Waals surface area contributed by atoms with Crippen molar-refractivity contribution >= 4 is 11.8 Å². The summed E-state index contributed by atoms with van der Waals surface area (Å²) in [5, 5.41) is 1.95. The summed E-state index contributed by atoms with van der Waals surface area (Å²) in [4.78, 5) is 8.96. The molecule has 0 aliphatic rings. The van der Waals surface area contributed by atoms with Crippen molar-refractivity contribution in [3.63, 3.8) is 0 Å². The SMILES string of the molecule is Cc1cc(C)nc(Sc2ccc(CC(C)N)cn2)c1. The molecule has 2 rings (SSSR count). The monoisotopic (exact) mass is 273 g/mol. The molecule has 0 aromatic carbocycles. The first-order chi connectivity index (χ1) is 9.02. The zero-order chi connectivity index (χ0) is 13.8. The number of pyridine rings is 2. The predicted molar refractivity (Wildman–Crippen MR) is 79.4 cm³/mol. The Labute approximate surface area is 118 Å². The Hall–Kier alpha value is -1.39. The van der Waals surface area contributed by atoms with E-state index in [1.807, 2.05) is 26.1 Å². The highest BCUT2D eigenvalue weighted by Crippen LogP contribution is 2.25. The summed E-state index contributed by atoms with van der Waals surface area (Å²) in [5.41, 5.74) is 9.21. The van der Waals surface area contributed by atoms with E-state index in [2.05, 4.69) is 35.1 Å². The maximum Gasteiger partial charge on any atom is 0.103 e. The Morgan fingerprint density at radius 1 is 1.21 bits per heavy atom. The molecule has 0 fully saturated rings. The second-order valence-corrected chi connectivity index (χ2v) is 5.95. The van der Waals surface area contributed by atoms with Crippen molar-refractivity contribution < 1.29 is 0 Å². The molecule has 0 aliphatic carbocycles. The highest BCUT2D eigenvalue weighted by Gasteiger charge is 2.03. The Morgan fingerprint density at radius 2 is 2.00 bits per heavy atom. The molecule has 0 aliphatic heterocycles. The first kappa shape index (κ1) is 14.0. The molecule has 1 atom stereocenters. The van der Waals surface area contributed by atoms with Gasteiger partial charge in [0.15, 0.2) is 0 Å². The van der Waals surface area contributed by atoms with E-state index in [0.29, 0.717) is 0 Å². The summed E-state index contributed by atoms with van der Waals surface area (Å²) in [5.74, 6) is 0. The van der Waals surface area contributed by atoms with Crippen LogP contribution in [0.4, 0.5) is 0 Å². The molecule has 2 N–H and O–H groups in total. The lowest BCUT2D eigenvalue weighted by atomic mass is 10.1. The average molecular weight is 273 g/mol. The van der Waals surface area contributed by atoms with Crippen molar-refractivity contribution in [1.82, 2.24) is 9.97 Å². The van der Waals surface area contributed by atoms with Gasteiger partial charge in [0, 0.05) is 17.9 Å². The fourth-order valence-electron chi connectivity index (χ4n) is 1.93. The third-order valence-corrected chi connectivity index (χ3v) is 3.51. The summed E-state index contributed by atoms with van der Waals surface area (Å²) >= 11 is 1.59. The van der Waals surface area contributed by atoms with Crippen LogP contribution < -0.4 is 5.73 Å². The van der Waals surface area contributed by atoms with E-state index >= 15 is 0 Å². The van der Waals surface area contributed by atoms with Crippen molar-refractivity contribution in [1.29, 1.82) is 0 Å². The lowest BCUT2D eigenvalue weighted by Gasteiger charge is -2.06. The molecular weight excluding hydrogens is 254 g/mol. The molecule has 100 valence electrons. The van der Waals surface area contributed by atoms with Crippen LogP contribution >= 0.6 is 11.8 Å². The first-order valence-electron chi connectivity index (χ1n) is 6.36. The van der Waals surface area contributed by atoms with E-state index in [0.717, 1.165) is 22.2 Å². The minimum atomic E-state index is 0.168. The number of rotatable bonds is 4. The summed E-state index contributed by atoms with van der Waals surface area (Å²) < 4.78 is 0. The van der Waals surface area contributed by atoms with Crippen molar-refractivity contribution in [3.8, 4) is 0 Å². The molecule has 2 aromatic heterocycles. The van der Waals surface area contributed by atoms with Crippen molar-refractivity contribution in [2.24, 2.45) is 5.73 Å². The Morgan fingerprint density at radius 3 is 2.58 bits per heavy atom. The van der Waals surface area contributed by atoms with Crippen LogP contribution in [0.5, 0.6) is 0 Å². The van der Waals surface area contributed by atoms with Gasteiger partial charge in [-0.3, -0.25) is 0 Å². The molecule has 0 saturated carbocycles. The van der Waals surface area contributed by atoms with Gasteiger partial charge in [-0.2, -0.15) is 0 Å². The van der Waals surface area contributed by atoms with Crippen LogP contribution in [-0.2, 0) is 6.42 Å². The lowest BCUT2D eigenvalue weighted by molar-refractivity contribution is 0.734. The summed E-state index contributed by atoms with van der Waals surface area (Å²) in [6, 6.07) is 8.43. The lowest BCUT2D eigenvalue weighted by Crippen LogP contribution is -2.17. The highest BCUT2D eigenvalue weighted by atomic mass is 32.2. The van der Waals surface area contributed by atoms with Gasteiger partial charge in [0.25, 0.3) is 0 Å². The van der Waals surface area contributed by atoms with E-state index in [-0.39, 0.29) is 6.04 Å². The van der Waals surface area contributed by atoms with Crippen LogP contribution in [0.1, 0.15) is 23.7 Å². The molecule has 0 bridgehead atoms. The van der Waals surface area contributed by atoms with Gasteiger partial charge >= 0.3 is 0 Å². The maximum absolute atomic E-state index is 5.78. The number of nitrogens with zero attached hydrogens (tertiary/aromatic N) is 2. The van der Waals surface area contributed by atoms with Gasteiger partial charge in [-0.05, 0) is 56.5 Å². The Bertz CT molecular complexity index is 530. The van der Waals surface area contributed by atoms with E-state index < -0.39 is 0 Å². The van der Waals surface area contributed by atoms with Crippen LogP contribution in [0.15, 0.2) is 40.5 Å². The van der Waals surface area contributed by atoms with Gasteiger partial charge in [-0.1, -0.05) is 17.8 Å². The maximum atomic E-state index is 5.78. The van der Waals surface area contributed by atoms with Gasteiger partial charge in [0.2, 0.25) is 0 Å². The molecule has 3 nitrogen and oxygen atoms in total. The van der Waals surface area contributed by atoms with E-state index in [9.17, 15) is 0 Å². The molecule has 0 spiro atoms. The largest absolute Gasteiger partial charge is 0.328 e. The molecule has 4 heteroatoms. The van der Waals surface area contributed by atoms with Crippen LogP contribution in [0, 0.1) is 13.8 Å². The van der Waals surface area contributed by atoms with Crippen LogP contribution in [-0.4, -0.2) is 16.0 Å². The van der Waals surface area contributed by atoms with Gasteiger partial charge in [-0.15, -0.1) is 0 Å². The second kappa shape index (κ2) is 6.17. The van der Waals surface area contributed by atoms with Gasteiger partial charge in [0.05, 0.1) is 0 Å². The van der Waals surface area contributed by atoms with Crippen LogP contribution in [0.25, 0.3) is 0 Å². The number of aromatic nitrogens is 2. The molecule has 2 heterocycles. The van der Waals surface area contributed by atoms with E-state index in [1.165, 1.54) is 11.1 Å². The highest BCUT2D eigenvalue weighted by molar-refractivity contribution is 7.99. The van der Waals surface area contributed by atoms with Crippen molar-refractivity contribution in [2.75, 3.05) is 0 Å². The number of hydrogen-bond donors (Lipinski definition) is 1. The van der Waals surface area contributed by atoms with Gasteiger partial charge < -0.3 is 5.73 Å². The molecule has 1 unspecified atom stereocenters. The standard InChI is InChI=1S/C15H19N3S/c1-10-6-12(3)18-15(7-10)19-14-5-4-13(9-17-14)8-11(2)16/h4-7,9,11H,8,16H2,1-3H3. The zero-order valence-electron chi connectivity index (χ0n) is 11.6. The molecular formula is C15H19N3S. The van der Waals surface area contributed by atoms with Crippen LogP contribution in [0.2, 0.25) is 0 Å². The molecule has 0 radical (unpaired) electrons. The fraction of sp³-hybridized carbons (Fsp3) is 0.333. The minimum Gasteiger partial charge on any atom is -0.328 e. The molecule has 0 amide bonds. The van der Waals surface area contributed by atoms with E-state index in [4.69, 9.17) is 5.73 Å². The van der Waals surface area contributed by atoms with E-state index in [1.54, 1.807) is 11.8 Å². The first-order valence-corrected chi connectivity index (χ1v) is 7.18. The van der Waals surface area contributed by atoms with Crippen molar-refractivity contribution in [3.05, 3.63) is 47.3 Å². The minimum absolute atomic E-state index is 0.168. The Balaban J connectivity index is 2.10. The predicted octanol–water partition coefficient (Wildman–Crippen LogP) is 3.13. The van der Waals surface area contributed by atoms with Gasteiger partial charge in [-0.25, -0.2) is 9.97 Å². The normalized spacial score (nSPS) is 12.4. The third kappa shape index (κ3) is 4.33. The summed E-state index contributed by atoms with van der Waals surface area (Å²) in [6.45, 7) is 6.09. The van der Waals surface area contributed by atoms with Gasteiger partial charge in [0.1, 0.15) is 10.1 Å². The topological polar surface area (TPSA) is 51.8 Å². The molecule has 0 saturated heterocycles. The zero-order valence-corrected chi connectivity index (χ0v) is 12.4. The summed E-state index contributed by atoms with van der Waals surface area (Å²) in [7, 11) is 0. The van der Waals surface area contributed by atoms with Crippen molar-refractivity contribution in [2.45, 2.75) is 43.3 Å². The third-order valence-electron chi connectivity index (χ3n) is 2.64. The molecule has 19 heavy (non-hydrogen) atoms. The Kier molecular flexibility index (Phi) is 4.56. The summed E-state index contributed by atoms with van der Waals surface area (Å²) in [6.07, 6.45) is 2.76.